The summed E-state index contributed by atoms with van der Waals surface area (Å²) in [6.45, 7) is 0. The molecule has 0 atom stereocenters. The van der Waals surface area contributed by atoms with Gasteiger partial charge in [-0.15, -0.1) is 0 Å². The summed E-state index contributed by atoms with van der Waals surface area (Å²) in [5.74, 6) is 0. The van der Waals surface area contributed by atoms with Gasteiger partial charge in [0.25, 0.3) is 0 Å². The van der Waals surface area contributed by atoms with Crippen LogP contribution in [0.5, 0.6) is 0 Å². The molecule has 0 unspecified atom stereocenters. The number of hydrogen-bond acceptors (Lipinski definition) is 2. The maximum absolute atomic E-state index is 4.18. The molecule has 2 rings (SSSR count). The molecule has 0 spiro atoms. The molecule has 2 heteroatoms. The van der Waals surface area contributed by atoms with Crippen LogP contribution in [0.1, 0.15) is 1.43 Å². The predicted octanol–water partition coefficient (Wildman–Crippen LogP) is 2.53. The van der Waals surface area contributed by atoms with Gasteiger partial charge < -0.3 is 4.90 Å². The standard InChI is InChI=1S/C9H7N.C3H9N/c1-2-6-9-8(4-1)5-3-7-10-9;1-4(2)3/h1-7H;1-3H3/p+1. The lowest BCUT2D eigenvalue weighted by atomic mass is 10.2. The number of para-hydroxylation sites is 1. The van der Waals surface area contributed by atoms with E-state index in [2.05, 4.69) is 17.1 Å². The summed E-state index contributed by atoms with van der Waals surface area (Å²) in [5, 5.41) is 1.20. The fraction of sp³-hybridized carbons (Fsp3) is 0.250. The smallest absolute Gasteiger partial charge is 0.312 e. The largest absolute Gasteiger partial charge is 1.00 e. The van der Waals surface area contributed by atoms with Crippen molar-refractivity contribution < 1.29 is 1.43 Å². The molecule has 0 bridgehead atoms. The summed E-state index contributed by atoms with van der Waals surface area (Å²) < 4.78 is 0. The second-order valence-corrected chi connectivity index (χ2v) is 3.54. The van der Waals surface area contributed by atoms with Crippen molar-refractivity contribution in [2.45, 2.75) is 0 Å². The molecule has 1 aromatic carbocycles. The Morgan fingerprint density at radius 3 is 2.21 bits per heavy atom. The lowest BCUT2D eigenvalue weighted by Gasteiger charge is -1.91. The van der Waals surface area contributed by atoms with Crippen LogP contribution in [0.15, 0.2) is 42.6 Å². The second kappa shape index (κ2) is 5.35. The second-order valence-electron chi connectivity index (χ2n) is 3.54. The molecule has 0 saturated carbocycles. The lowest BCUT2D eigenvalue weighted by molar-refractivity contribution is 0.505. The van der Waals surface area contributed by atoms with Gasteiger partial charge in [0.1, 0.15) is 0 Å². The van der Waals surface area contributed by atoms with E-state index in [-0.39, 0.29) is 1.43 Å². The van der Waals surface area contributed by atoms with Gasteiger partial charge in [0, 0.05) is 11.6 Å². The Labute approximate surface area is 86.7 Å². The van der Waals surface area contributed by atoms with Crippen LogP contribution in [0.4, 0.5) is 0 Å². The average Bonchev–Trinajstić information content (AvgIpc) is 2.17. The lowest BCUT2D eigenvalue weighted by Crippen LogP contribution is -1.99. The average molecular weight is 189 g/mol. The van der Waals surface area contributed by atoms with Gasteiger partial charge in [0.15, 0.2) is 0 Å². The highest BCUT2D eigenvalue weighted by Crippen LogP contribution is 2.07. The Bertz CT molecular complexity index is 320. The van der Waals surface area contributed by atoms with Crippen molar-refractivity contribution in [2.75, 3.05) is 21.1 Å². The van der Waals surface area contributed by atoms with Gasteiger partial charge in [-0.3, -0.25) is 4.98 Å². The number of fused-ring (bicyclic) bond motifs is 1. The van der Waals surface area contributed by atoms with Crippen LogP contribution in [-0.4, -0.2) is 31.0 Å². The van der Waals surface area contributed by atoms with Crippen LogP contribution in [0.2, 0.25) is 0 Å². The maximum atomic E-state index is 4.18. The Morgan fingerprint density at radius 1 is 1.00 bits per heavy atom. The molecule has 0 amide bonds. The summed E-state index contributed by atoms with van der Waals surface area (Å²) in [5.41, 5.74) is 1.06. The summed E-state index contributed by atoms with van der Waals surface area (Å²) in [7, 11) is 6.00. The first kappa shape index (κ1) is 10.7. The van der Waals surface area contributed by atoms with E-state index in [0.29, 0.717) is 0 Å². The van der Waals surface area contributed by atoms with E-state index >= 15 is 0 Å². The van der Waals surface area contributed by atoms with Crippen molar-refractivity contribution in [1.82, 2.24) is 9.88 Å². The first-order chi connectivity index (χ1) is 6.70. The normalized spacial score (nSPS) is 9.71. The van der Waals surface area contributed by atoms with Crippen LogP contribution in [0.3, 0.4) is 0 Å². The number of rotatable bonds is 0. The van der Waals surface area contributed by atoms with Crippen molar-refractivity contribution >= 4 is 10.9 Å². The van der Waals surface area contributed by atoms with Crippen LogP contribution in [0.25, 0.3) is 10.9 Å². The maximum Gasteiger partial charge on any atom is 1.00 e. The number of hydrogen-bond donors (Lipinski definition) is 0. The predicted molar refractivity (Wildman–Crippen MR) is 62.5 cm³/mol. The highest BCUT2D eigenvalue weighted by Gasteiger charge is 1.86. The topological polar surface area (TPSA) is 16.1 Å². The monoisotopic (exact) mass is 189 g/mol. The van der Waals surface area contributed by atoms with Crippen molar-refractivity contribution in [1.29, 1.82) is 0 Å². The summed E-state index contributed by atoms with van der Waals surface area (Å²) >= 11 is 0. The minimum atomic E-state index is 0. The third-order valence-corrected chi connectivity index (χ3v) is 1.51. The van der Waals surface area contributed by atoms with Gasteiger partial charge in [0.2, 0.25) is 0 Å². The number of benzene rings is 1. The molecule has 0 fully saturated rings. The Morgan fingerprint density at radius 2 is 1.57 bits per heavy atom. The molecule has 2 aromatic rings. The minimum absolute atomic E-state index is 0. The molecule has 2 nitrogen and oxygen atoms in total. The molecule has 1 aromatic heterocycles. The SMILES string of the molecule is CN(C)C.[H+].c1ccc2ncccc2c1. The summed E-state index contributed by atoms with van der Waals surface area (Å²) in [6, 6.07) is 12.1. The third-order valence-electron chi connectivity index (χ3n) is 1.51. The van der Waals surface area contributed by atoms with Crippen molar-refractivity contribution in [2.24, 2.45) is 0 Å². The molecule has 0 aliphatic heterocycles. The van der Waals surface area contributed by atoms with E-state index in [4.69, 9.17) is 0 Å². The summed E-state index contributed by atoms with van der Waals surface area (Å²) in [4.78, 5) is 6.18. The van der Waals surface area contributed by atoms with E-state index in [0.717, 1.165) is 5.52 Å². The Hall–Kier alpha value is -1.41. The van der Waals surface area contributed by atoms with Gasteiger partial charge in [-0.05, 0) is 33.3 Å². The number of nitrogens with zero attached hydrogens (tertiary/aromatic N) is 2. The molecule has 0 N–H and O–H groups in total. The third kappa shape index (κ3) is 3.54. The molecule has 1 heterocycles. The molecular formula is C12H17N2+. The minimum Gasteiger partial charge on any atom is -0.312 e. The van der Waals surface area contributed by atoms with Crippen molar-refractivity contribution in [3.05, 3.63) is 42.6 Å². The van der Waals surface area contributed by atoms with Gasteiger partial charge in [-0.2, -0.15) is 0 Å². The molecule has 0 aliphatic rings. The Balaban J connectivity index is 0.000000346. The zero-order valence-corrected chi connectivity index (χ0v) is 8.94. The van der Waals surface area contributed by atoms with Gasteiger partial charge in [0.05, 0.1) is 5.52 Å². The zero-order chi connectivity index (χ0) is 10.4. The van der Waals surface area contributed by atoms with Crippen LogP contribution < -0.4 is 0 Å². The Kier molecular flexibility index (Phi) is 4.08. The molecule has 0 saturated heterocycles. The van der Waals surface area contributed by atoms with Crippen LogP contribution in [-0.2, 0) is 0 Å². The fourth-order valence-electron chi connectivity index (χ4n) is 1.02. The summed E-state index contributed by atoms with van der Waals surface area (Å²) in [6.07, 6.45) is 1.81. The van der Waals surface area contributed by atoms with E-state index in [1.807, 2.05) is 56.5 Å². The molecule has 0 radical (unpaired) electrons. The first-order valence-corrected chi connectivity index (χ1v) is 4.61. The highest BCUT2D eigenvalue weighted by molar-refractivity contribution is 5.77. The van der Waals surface area contributed by atoms with Gasteiger partial charge in [-0.25, -0.2) is 0 Å². The molecular weight excluding hydrogens is 172 g/mol. The number of pyridine rings is 1. The van der Waals surface area contributed by atoms with E-state index in [1.54, 1.807) is 0 Å². The van der Waals surface area contributed by atoms with Gasteiger partial charge in [-0.1, -0.05) is 24.3 Å². The quantitative estimate of drug-likeness (QED) is 0.633. The van der Waals surface area contributed by atoms with Crippen molar-refractivity contribution in [3.63, 3.8) is 0 Å². The van der Waals surface area contributed by atoms with Crippen LogP contribution in [0, 0.1) is 0 Å². The number of aromatic nitrogens is 1. The zero-order valence-electron chi connectivity index (χ0n) is 9.94. The van der Waals surface area contributed by atoms with E-state index < -0.39 is 0 Å². The van der Waals surface area contributed by atoms with E-state index in [1.165, 1.54) is 5.39 Å². The molecule has 74 valence electrons. The van der Waals surface area contributed by atoms with E-state index in [9.17, 15) is 0 Å². The molecule has 14 heavy (non-hydrogen) atoms. The van der Waals surface area contributed by atoms with Gasteiger partial charge >= 0.3 is 1.43 Å². The van der Waals surface area contributed by atoms with Crippen molar-refractivity contribution in [3.8, 4) is 0 Å². The van der Waals surface area contributed by atoms with Crippen LogP contribution >= 0.6 is 0 Å². The first-order valence-electron chi connectivity index (χ1n) is 4.61. The fourth-order valence-corrected chi connectivity index (χ4v) is 1.02. The molecule has 0 aliphatic carbocycles. The highest BCUT2D eigenvalue weighted by atomic mass is 15.0.